The molecule has 1 amide bonds. The van der Waals surface area contributed by atoms with Gasteiger partial charge in [-0.2, -0.15) is 0 Å². The van der Waals surface area contributed by atoms with Gasteiger partial charge < -0.3 is 5.32 Å². The molecule has 1 N–H and O–H groups in total. The second-order valence-electron chi connectivity index (χ2n) is 5.38. The van der Waals surface area contributed by atoms with Crippen LogP contribution in [0.25, 0.3) is 0 Å². The molecule has 2 heteroatoms. The van der Waals surface area contributed by atoms with E-state index < -0.39 is 0 Å². The maximum Gasteiger partial charge on any atom is 0.223 e. The third kappa shape index (κ3) is 4.12. The van der Waals surface area contributed by atoms with E-state index in [2.05, 4.69) is 46.9 Å². The topological polar surface area (TPSA) is 29.1 Å². The highest BCUT2D eigenvalue weighted by Gasteiger charge is 2.33. The number of rotatable bonds is 4. The largest absolute Gasteiger partial charge is 0.356 e. The summed E-state index contributed by atoms with van der Waals surface area (Å²) in [6, 6.07) is 0. The molecule has 0 aliphatic carbocycles. The molecule has 1 atom stereocenters. The summed E-state index contributed by atoms with van der Waals surface area (Å²) in [5.74, 6) is 0.704. The predicted molar refractivity (Wildman–Crippen MR) is 61.1 cm³/mol. The molecular weight excluding hydrogens is 174 g/mol. The van der Waals surface area contributed by atoms with Crippen molar-refractivity contribution in [3.8, 4) is 0 Å². The van der Waals surface area contributed by atoms with Crippen molar-refractivity contribution in [2.24, 2.45) is 17.3 Å². The van der Waals surface area contributed by atoms with Crippen molar-refractivity contribution in [1.82, 2.24) is 5.32 Å². The van der Waals surface area contributed by atoms with Crippen LogP contribution in [0.3, 0.4) is 0 Å². The van der Waals surface area contributed by atoms with Gasteiger partial charge in [-0.1, -0.05) is 41.5 Å². The molecule has 14 heavy (non-hydrogen) atoms. The fourth-order valence-corrected chi connectivity index (χ4v) is 2.05. The summed E-state index contributed by atoms with van der Waals surface area (Å²) >= 11 is 0. The second kappa shape index (κ2) is 5.38. The van der Waals surface area contributed by atoms with Crippen molar-refractivity contribution in [3.05, 3.63) is 0 Å². The Labute approximate surface area is 88.5 Å². The zero-order chi connectivity index (χ0) is 11.4. The van der Waals surface area contributed by atoms with Gasteiger partial charge in [-0.05, 0) is 17.8 Å². The van der Waals surface area contributed by atoms with Crippen molar-refractivity contribution in [2.45, 2.75) is 48.0 Å². The molecular formula is C12H25NO. The van der Waals surface area contributed by atoms with Crippen molar-refractivity contribution >= 4 is 5.91 Å². The zero-order valence-electron chi connectivity index (χ0n) is 10.5. The lowest BCUT2D eigenvalue weighted by atomic mass is 9.74. The van der Waals surface area contributed by atoms with E-state index in [9.17, 15) is 4.79 Å². The van der Waals surface area contributed by atoms with Crippen LogP contribution in [0.4, 0.5) is 0 Å². The average Bonchev–Trinajstić information content (AvgIpc) is 1.97. The standard InChI is InChI=1S/C12H25NO/c1-7-8-13-11(14)10(9(2)3)12(4,5)6/h9-10H,7-8H2,1-6H3,(H,13,14). The van der Waals surface area contributed by atoms with E-state index in [1.54, 1.807) is 0 Å². The van der Waals surface area contributed by atoms with E-state index in [-0.39, 0.29) is 17.2 Å². The molecule has 1 unspecified atom stereocenters. The Morgan fingerprint density at radius 2 is 1.79 bits per heavy atom. The molecule has 0 saturated carbocycles. The highest BCUT2D eigenvalue weighted by atomic mass is 16.1. The van der Waals surface area contributed by atoms with Crippen LogP contribution in [0.2, 0.25) is 0 Å². The molecule has 84 valence electrons. The average molecular weight is 199 g/mol. The Hall–Kier alpha value is -0.530. The number of amides is 1. The molecule has 0 aliphatic heterocycles. The number of hydrogen-bond donors (Lipinski definition) is 1. The normalized spacial score (nSPS) is 14.2. The van der Waals surface area contributed by atoms with Gasteiger partial charge in [-0.25, -0.2) is 0 Å². The van der Waals surface area contributed by atoms with Crippen molar-refractivity contribution < 1.29 is 4.79 Å². The van der Waals surface area contributed by atoms with Crippen LogP contribution < -0.4 is 5.32 Å². The van der Waals surface area contributed by atoms with Gasteiger partial charge in [0.1, 0.15) is 0 Å². The second-order valence-corrected chi connectivity index (χ2v) is 5.38. The summed E-state index contributed by atoms with van der Waals surface area (Å²) in [7, 11) is 0. The molecule has 2 nitrogen and oxygen atoms in total. The van der Waals surface area contributed by atoms with E-state index in [0.29, 0.717) is 5.92 Å². The first kappa shape index (κ1) is 13.5. The third-order valence-electron chi connectivity index (χ3n) is 2.43. The minimum absolute atomic E-state index is 0.0476. The molecule has 0 radical (unpaired) electrons. The van der Waals surface area contributed by atoms with E-state index in [1.165, 1.54) is 0 Å². The summed E-state index contributed by atoms with van der Waals surface area (Å²) in [6.45, 7) is 13.5. The highest BCUT2D eigenvalue weighted by molar-refractivity contribution is 5.79. The molecule has 0 spiro atoms. The monoisotopic (exact) mass is 199 g/mol. The van der Waals surface area contributed by atoms with Gasteiger partial charge >= 0.3 is 0 Å². The Morgan fingerprint density at radius 1 is 1.29 bits per heavy atom. The first-order valence-electron chi connectivity index (χ1n) is 5.58. The Bertz CT molecular complexity index is 179. The Kier molecular flexibility index (Phi) is 5.17. The lowest BCUT2D eigenvalue weighted by molar-refractivity contribution is -0.130. The van der Waals surface area contributed by atoms with E-state index in [0.717, 1.165) is 13.0 Å². The van der Waals surface area contributed by atoms with Crippen LogP contribution in [0, 0.1) is 17.3 Å². The van der Waals surface area contributed by atoms with Crippen LogP contribution in [-0.2, 0) is 4.79 Å². The Morgan fingerprint density at radius 3 is 2.07 bits per heavy atom. The quantitative estimate of drug-likeness (QED) is 0.741. The third-order valence-corrected chi connectivity index (χ3v) is 2.43. The van der Waals surface area contributed by atoms with Gasteiger partial charge in [0.15, 0.2) is 0 Å². The lowest BCUT2D eigenvalue weighted by Crippen LogP contribution is -2.41. The van der Waals surface area contributed by atoms with Crippen LogP contribution in [0.1, 0.15) is 48.0 Å². The van der Waals surface area contributed by atoms with Crippen LogP contribution in [0.15, 0.2) is 0 Å². The SMILES string of the molecule is CCCNC(=O)C(C(C)C)C(C)(C)C. The molecule has 0 fully saturated rings. The Balaban J connectivity index is 4.43. The minimum Gasteiger partial charge on any atom is -0.356 e. The summed E-state index contributed by atoms with van der Waals surface area (Å²) in [6.07, 6.45) is 1.00. The molecule has 0 aromatic heterocycles. The van der Waals surface area contributed by atoms with E-state index in [4.69, 9.17) is 0 Å². The zero-order valence-corrected chi connectivity index (χ0v) is 10.5. The highest BCUT2D eigenvalue weighted by Crippen LogP contribution is 2.31. The summed E-state index contributed by atoms with van der Waals surface area (Å²) < 4.78 is 0. The van der Waals surface area contributed by atoms with Gasteiger partial charge in [0.2, 0.25) is 5.91 Å². The number of carbonyl (C=O) groups is 1. The van der Waals surface area contributed by atoms with Gasteiger partial charge in [-0.15, -0.1) is 0 Å². The smallest absolute Gasteiger partial charge is 0.223 e. The van der Waals surface area contributed by atoms with Crippen molar-refractivity contribution in [2.75, 3.05) is 6.54 Å². The van der Waals surface area contributed by atoms with E-state index >= 15 is 0 Å². The maximum atomic E-state index is 11.9. The fourth-order valence-electron chi connectivity index (χ4n) is 2.05. The van der Waals surface area contributed by atoms with Crippen LogP contribution in [0.5, 0.6) is 0 Å². The first-order valence-corrected chi connectivity index (χ1v) is 5.58. The number of carbonyl (C=O) groups excluding carboxylic acids is 1. The van der Waals surface area contributed by atoms with Gasteiger partial charge in [0.25, 0.3) is 0 Å². The summed E-state index contributed by atoms with van der Waals surface area (Å²) in [5.41, 5.74) is 0.0476. The van der Waals surface area contributed by atoms with Crippen LogP contribution >= 0.6 is 0 Å². The van der Waals surface area contributed by atoms with Crippen molar-refractivity contribution in [1.29, 1.82) is 0 Å². The fraction of sp³-hybridized carbons (Fsp3) is 0.917. The molecule has 0 saturated heterocycles. The molecule has 0 bridgehead atoms. The molecule has 0 aliphatic rings. The first-order chi connectivity index (χ1) is 6.30. The molecule has 0 aromatic rings. The van der Waals surface area contributed by atoms with Gasteiger partial charge in [0, 0.05) is 12.5 Å². The molecule has 0 aromatic carbocycles. The van der Waals surface area contributed by atoms with Gasteiger partial charge in [-0.3, -0.25) is 4.79 Å². The maximum absolute atomic E-state index is 11.9. The lowest BCUT2D eigenvalue weighted by Gasteiger charge is -2.32. The number of nitrogens with one attached hydrogen (secondary N) is 1. The van der Waals surface area contributed by atoms with Crippen LogP contribution in [-0.4, -0.2) is 12.5 Å². The number of hydrogen-bond acceptors (Lipinski definition) is 1. The van der Waals surface area contributed by atoms with Crippen molar-refractivity contribution in [3.63, 3.8) is 0 Å². The van der Waals surface area contributed by atoms with Gasteiger partial charge in [0.05, 0.1) is 0 Å². The summed E-state index contributed by atoms with van der Waals surface area (Å²) in [5, 5.41) is 2.98. The molecule has 0 rings (SSSR count). The summed E-state index contributed by atoms with van der Waals surface area (Å²) in [4.78, 5) is 11.9. The minimum atomic E-state index is 0.0476. The molecule has 0 heterocycles. The predicted octanol–water partition coefficient (Wildman–Crippen LogP) is 2.83. The van der Waals surface area contributed by atoms with E-state index in [1.807, 2.05) is 0 Å².